The molecule has 0 unspecified atom stereocenters. The molecule has 0 radical (unpaired) electrons. The first-order valence-corrected chi connectivity index (χ1v) is 4.78. The van der Waals surface area contributed by atoms with E-state index in [1.807, 2.05) is 13.8 Å². The van der Waals surface area contributed by atoms with Gasteiger partial charge < -0.3 is 10.2 Å². The molecular weight excluding hydrogens is 152 g/mol. The second kappa shape index (κ2) is 5.55. The Kier molecular flexibility index (Phi) is 5.51. The molecule has 0 amide bonds. The number of hydrogen-bond donors (Lipinski definition) is 2. The van der Waals surface area contributed by atoms with Crippen LogP contribution in [0.2, 0.25) is 0 Å². The van der Waals surface area contributed by atoms with Gasteiger partial charge in [-0.2, -0.15) is 0 Å². The predicted molar refractivity (Wildman–Crippen MR) is 50.9 cm³/mol. The Balaban J connectivity index is 3.94. The van der Waals surface area contributed by atoms with Crippen molar-refractivity contribution in [3.63, 3.8) is 0 Å². The first kappa shape index (κ1) is 11.9. The van der Waals surface area contributed by atoms with Gasteiger partial charge in [-0.1, -0.05) is 27.7 Å². The van der Waals surface area contributed by atoms with E-state index in [0.29, 0.717) is 11.8 Å². The van der Waals surface area contributed by atoms with Gasteiger partial charge in [-0.05, 0) is 18.3 Å². The highest BCUT2D eigenvalue weighted by Crippen LogP contribution is 2.19. The van der Waals surface area contributed by atoms with Gasteiger partial charge >= 0.3 is 0 Å². The second-order valence-corrected chi connectivity index (χ2v) is 4.29. The third kappa shape index (κ3) is 4.07. The minimum atomic E-state index is -0.352. The molecule has 0 rings (SSSR count). The van der Waals surface area contributed by atoms with Crippen LogP contribution in [-0.4, -0.2) is 22.9 Å². The fourth-order valence-corrected chi connectivity index (χ4v) is 1.43. The maximum absolute atomic E-state index is 9.69. The lowest BCUT2D eigenvalue weighted by Gasteiger charge is -2.25. The highest BCUT2D eigenvalue weighted by molar-refractivity contribution is 4.72. The van der Waals surface area contributed by atoms with E-state index in [9.17, 15) is 5.11 Å². The minimum Gasteiger partial charge on any atom is -0.396 e. The van der Waals surface area contributed by atoms with Crippen LogP contribution in [0.15, 0.2) is 0 Å². The summed E-state index contributed by atoms with van der Waals surface area (Å²) in [7, 11) is 0. The molecule has 0 saturated heterocycles. The lowest BCUT2D eigenvalue weighted by atomic mass is 9.87. The first-order chi connectivity index (χ1) is 5.49. The molecule has 12 heavy (non-hydrogen) atoms. The SMILES string of the molecule is CC(C)C[C@H](O)[C@@H](CO)C(C)C. The van der Waals surface area contributed by atoms with E-state index in [0.717, 1.165) is 6.42 Å². The molecule has 0 heterocycles. The van der Waals surface area contributed by atoms with Crippen LogP contribution in [0.3, 0.4) is 0 Å². The fourth-order valence-electron chi connectivity index (χ4n) is 1.43. The summed E-state index contributed by atoms with van der Waals surface area (Å²) in [5.74, 6) is 0.879. The van der Waals surface area contributed by atoms with Gasteiger partial charge in [0.15, 0.2) is 0 Å². The highest BCUT2D eigenvalue weighted by Gasteiger charge is 2.22. The van der Waals surface area contributed by atoms with E-state index in [1.54, 1.807) is 0 Å². The number of rotatable bonds is 5. The molecular formula is C10H22O2. The normalized spacial score (nSPS) is 17.0. The molecule has 0 aromatic heterocycles. The Morgan fingerprint density at radius 1 is 1.08 bits per heavy atom. The van der Waals surface area contributed by atoms with Gasteiger partial charge in [0.2, 0.25) is 0 Å². The topological polar surface area (TPSA) is 40.5 Å². The molecule has 0 fully saturated rings. The molecule has 0 spiro atoms. The van der Waals surface area contributed by atoms with E-state index in [-0.39, 0.29) is 18.6 Å². The molecule has 2 heteroatoms. The Labute approximate surface area is 75.6 Å². The lowest BCUT2D eigenvalue weighted by Crippen LogP contribution is -2.29. The summed E-state index contributed by atoms with van der Waals surface area (Å²) in [5, 5.41) is 18.7. The molecule has 2 N–H and O–H groups in total. The zero-order valence-electron chi connectivity index (χ0n) is 8.62. The van der Waals surface area contributed by atoms with Crippen LogP contribution in [0, 0.1) is 17.8 Å². The molecule has 0 aliphatic rings. The average molecular weight is 174 g/mol. The third-order valence-electron chi connectivity index (χ3n) is 2.27. The Morgan fingerprint density at radius 3 is 1.83 bits per heavy atom. The molecule has 74 valence electrons. The number of aliphatic hydroxyl groups excluding tert-OH is 2. The van der Waals surface area contributed by atoms with Crippen molar-refractivity contribution in [1.29, 1.82) is 0 Å². The van der Waals surface area contributed by atoms with E-state index < -0.39 is 0 Å². The molecule has 0 bridgehead atoms. The van der Waals surface area contributed by atoms with Crippen molar-refractivity contribution in [2.45, 2.75) is 40.2 Å². The van der Waals surface area contributed by atoms with Crippen molar-refractivity contribution in [3.05, 3.63) is 0 Å². The summed E-state index contributed by atoms with van der Waals surface area (Å²) >= 11 is 0. The van der Waals surface area contributed by atoms with E-state index in [4.69, 9.17) is 5.11 Å². The van der Waals surface area contributed by atoms with E-state index in [2.05, 4.69) is 13.8 Å². The third-order valence-corrected chi connectivity index (χ3v) is 2.27. The zero-order valence-corrected chi connectivity index (χ0v) is 8.62. The Bertz CT molecular complexity index is 110. The van der Waals surface area contributed by atoms with Crippen molar-refractivity contribution in [2.24, 2.45) is 17.8 Å². The van der Waals surface area contributed by atoms with Crippen LogP contribution in [0.5, 0.6) is 0 Å². The molecule has 0 aliphatic carbocycles. The van der Waals surface area contributed by atoms with Crippen LogP contribution in [0.4, 0.5) is 0 Å². The largest absolute Gasteiger partial charge is 0.396 e. The molecule has 0 saturated carbocycles. The van der Waals surface area contributed by atoms with Crippen LogP contribution in [-0.2, 0) is 0 Å². The van der Waals surface area contributed by atoms with Gasteiger partial charge in [-0.25, -0.2) is 0 Å². The summed E-state index contributed by atoms with van der Waals surface area (Å²) in [6.45, 7) is 8.32. The average Bonchev–Trinajstić information content (AvgIpc) is 1.85. The van der Waals surface area contributed by atoms with E-state index >= 15 is 0 Å². The zero-order chi connectivity index (χ0) is 9.72. The summed E-state index contributed by atoms with van der Waals surface area (Å²) in [5.41, 5.74) is 0. The molecule has 0 aromatic rings. The van der Waals surface area contributed by atoms with Gasteiger partial charge in [0, 0.05) is 12.5 Å². The Morgan fingerprint density at radius 2 is 1.58 bits per heavy atom. The number of hydrogen-bond acceptors (Lipinski definition) is 2. The van der Waals surface area contributed by atoms with Gasteiger partial charge in [-0.15, -0.1) is 0 Å². The molecule has 0 aromatic carbocycles. The van der Waals surface area contributed by atoms with Gasteiger partial charge in [0.1, 0.15) is 0 Å². The lowest BCUT2D eigenvalue weighted by molar-refractivity contribution is 0.0283. The number of aliphatic hydroxyl groups is 2. The molecule has 0 aliphatic heterocycles. The summed E-state index contributed by atoms with van der Waals surface area (Å²) < 4.78 is 0. The maximum Gasteiger partial charge on any atom is 0.0595 e. The van der Waals surface area contributed by atoms with Crippen LogP contribution < -0.4 is 0 Å². The monoisotopic (exact) mass is 174 g/mol. The molecule has 2 nitrogen and oxygen atoms in total. The Hall–Kier alpha value is -0.0800. The maximum atomic E-state index is 9.69. The minimum absolute atomic E-state index is 0.0346. The summed E-state index contributed by atoms with van der Waals surface area (Å²) in [6.07, 6.45) is 0.429. The smallest absolute Gasteiger partial charge is 0.0595 e. The fraction of sp³-hybridized carbons (Fsp3) is 1.00. The summed E-state index contributed by atoms with van der Waals surface area (Å²) in [6, 6.07) is 0. The van der Waals surface area contributed by atoms with Crippen LogP contribution in [0.25, 0.3) is 0 Å². The quantitative estimate of drug-likeness (QED) is 0.665. The van der Waals surface area contributed by atoms with Gasteiger partial charge in [0.05, 0.1) is 6.10 Å². The van der Waals surface area contributed by atoms with Crippen molar-refractivity contribution < 1.29 is 10.2 Å². The second-order valence-electron chi connectivity index (χ2n) is 4.29. The van der Waals surface area contributed by atoms with Gasteiger partial charge in [0.25, 0.3) is 0 Å². The van der Waals surface area contributed by atoms with Crippen molar-refractivity contribution >= 4 is 0 Å². The van der Waals surface area contributed by atoms with Crippen molar-refractivity contribution in [1.82, 2.24) is 0 Å². The highest BCUT2D eigenvalue weighted by atomic mass is 16.3. The van der Waals surface area contributed by atoms with Crippen molar-refractivity contribution in [3.8, 4) is 0 Å². The summed E-state index contributed by atoms with van der Waals surface area (Å²) in [4.78, 5) is 0. The van der Waals surface area contributed by atoms with Crippen LogP contribution >= 0.6 is 0 Å². The van der Waals surface area contributed by atoms with E-state index in [1.165, 1.54) is 0 Å². The van der Waals surface area contributed by atoms with Gasteiger partial charge in [-0.3, -0.25) is 0 Å². The van der Waals surface area contributed by atoms with Crippen LogP contribution in [0.1, 0.15) is 34.1 Å². The molecule has 2 atom stereocenters. The first-order valence-electron chi connectivity index (χ1n) is 4.78. The predicted octanol–water partition coefficient (Wildman–Crippen LogP) is 1.66. The standard InChI is InChI=1S/C10H22O2/c1-7(2)5-10(12)9(6-11)8(3)4/h7-12H,5-6H2,1-4H3/t9-,10-/m0/s1. The van der Waals surface area contributed by atoms with Crippen molar-refractivity contribution in [2.75, 3.05) is 6.61 Å².